The summed E-state index contributed by atoms with van der Waals surface area (Å²) < 4.78 is 0.292. The summed E-state index contributed by atoms with van der Waals surface area (Å²) in [5.74, 6) is 2.18. The van der Waals surface area contributed by atoms with Gasteiger partial charge in [0.2, 0.25) is 0 Å². The second-order valence-electron chi connectivity index (χ2n) is 5.25. The number of aliphatic hydroxyl groups excluding tert-OH is 2. The Hall–Kier alpha value is -0.160. The second kappa shape index (κ2) is 8.32. The lowest BCUT2D eigenvalue weighted by Crippen LogP contribution is -2.35. The van der Waals surface area contributed by atoms with Gasteiger partial charge in [-0.1, -0.05) is 43.7 Å². The van der Waals surface area contributed by atoms with Crippen LogP contribution in [-0.2, 0) is 0 Å². The zero-order chi connectivity index (χ0) is 14.4. The largest absolute Gasteiger partial charge is 0.393 e. The van der Waals surface area contributed by atoms with E-state index in [9.17, 15) is 10.2 Å². The summed E-state index contributed by atoms with van der Waals surface area (Å²) in [5.41, 5.74) is 0.916. The van der Waals surface area contributed by atoms with Crippen LogP contribution in [-0.4, -0.2) is 32.4 Å². The fraction of sp³-hybridized carbons (Fsp3) is 0.625. The van der Waals surface area contributed by atoms with Crippen molar-refractivity contribution in [1.29, 1.82) is 0 Å². The van der Waals surface area contributed by atoms with Gasteiger partial charge in [0.05, 0.1) is 16.8 Å². The van der Waals surface area contributed by atoms with E-state index in [1.807, 2.05) is 53.9 Å². The zero-order valence-corrected chi connectivity index (χ0v) is 13.6. The van der Waals surface area contributed by atoms with Crippen LogP contribution in [0, 0.1) is 5.92 Å². The van der Waals surface area contributed by atoms with E-state index in [-0.39, 0.29) is 5.92 Å². The maximum atomic E-state index is 10.7. The van der Waals surface area contributed by atoms with Gasteiger partial charge in [-0.15, -0.1) is 23.5 Å². The standard InChI is InChI=1S/C16H24O2S2/c1-2-7-13(17)14(16-19-10-6-11-20-16)15(18)12-8-4-3-5-9-12/h3-5,8-9,13-18H,2,6-7,10-11H2,1H3/t13-,14-,15-/m0/s1. The summed E-state index contributed by atoms with van der Waals surface area (Å²) in [6, 6.07) is 9.76. The number of aliphatic hydroxyl groups is 2. The van der Waals surface area contributed by atoms with Gasteiger partial charge in [0, 0.05) is 5.92 Å². The van der Waals surface area contributed by atoms with Gasteiger partial charge in [-0.05, 0) is 29.9 Å². The lowest BCUT2D eigenvalue weighted by Gasteiger charge is -2.35. The van der Waals surface area contributed by atoms with E-state index in [2.05, 4.69) is 6.92 Å². The molecule has 1 aromatic carbocycles. The van der Waals surface area contributed by atoms with Crippen LogP contribution in [0.5, 0.6) is 0 Å². The molecule has 2 rings (SSSR count). The van der Waals surface area contributed by atoms with E-state index in [0.717, 1.165) is 29.9 Å². The van der Waals surface area contributed by atoms with Crippen LogP contribution in [0.25, 0.3) is 0 Å². The maximum Gasteiger partial charge on any atom is 0.0861 e. The molecule has 20 heavy (non-hydrogen) atoms. The minimum atomic E-state index is -0.583. The zero-order valence-electron chi connectivity index (χ0n) is 11.9. The van der Waals surface area contributed by atoms with Crippen LogP contribution in [0.1, 0.15) is 37.9 Å². The first-order valence-electron chi connectivity index (χ1n) is 7.38. The molecule has 0 radical (unpaired) electrons. The normalized spacial score (nSPS) is 21.4. The highest BCUT2D eigenvalue weighted by atomic mass is 32.2. The highest BCUT2D eigenvalue weighted by Gasteiger charge is 2.36. The topological polar surface area (TPSA) is 40.5 Å². The van der Waals surface area contributed by atoms with Crippen LogP contribution >= 0.6 is 23.5 Å². The minimum Gasteiger partial charge on any atom is -0.393 e. The van der Waals surface area contributed by atoms with Crippen molar-refractivity contribution in [3.05, 3.63) is 35.9 Å². The van der Waals surface area contributed by atoms with Crippen LogP contribution in [0.15, 0.2) is 30.3 Å². The molecule has 0 bridgehead atoms. The summed E-state index contributed by atoms with van der Waals surface area (Å²) in [7, 11) is 0. The lowest BCUT2D eigenvalue weighted by molar-refractivity contribution is 0.0151. The van der Waals surface area contributed by atoms with Crippen molar-refractivity contribution < 1.29 is 10.2 Å². The molecule has 3 atom stereocenters. The molecule has 112 valence electrons. The molecule has 0 aliphatic carbocycles. The van der Waals surface area contributed by atoms with E-state index in [1.165, 1.54) is 6.42 Å². The maximum absolute atomic E-state index is 10.7. The Bertz CT molecular complexity index is 379. The SMILES string of the molecule is CCC[C@H](O)[C@H](C1SCCCS1)[C@@H](O)c1ccccc1. The van der Waals surface area contributed by atoms with Gasteiger partial charge in [-0.25, -0.2) is 0 Å². The van der Waals surface area contributed by atoms with E-state index in [0.29, 0.717) is 4.58 Å². The van der Waals surface area contributed by atoms with Crippen molar-refractivity contribution in [3.63, 3.8) is 0 Å². The molecule has 0 amide bonds. The molecular weight excluding hydrogens is 288 g/mol. The second-order valence-corrected chi connectivity index (χ2v) is 8.05. The Morgan fingerprint density at radius 2 is 1.80 bits per heavy atom. The molecule has 1 aliphatic heterocycles. The Morgan fingerprint density at radius 3 is 2.40 bits per heavy atom. The predicted octanol–water partition coefficient (Wildman–Crippen LogP) is 3.69. The third kappa shape index (κ3) is 4.17. The Kier molecular flexibility index (Phi) is 6.75. The van der Waals surface area contributed by atoms with E-state index < -0.39 is 12.2 Å². The first-order valence-corrected chi connectivity index (χ1v) is 9.48. The first kappa shape index (κ1) is 16.2. The minimum absolute atomic E-state index is 0.0901. The molecule has 0 unspecified atom stereocenters. The van der Waals surface area contributed by atoms with Gasteiger partial charge in [0.25, 0.3) is 0 Å². The number of rotatable bonds is 6. The van der Waals surface area contributed by atoms with Gasteiger partial charge in [-0.2, -0.15) is 0 Å². The molecule has 2 N–H and O–H groups in total. The fourth-order valence-electron chi connectivity index (χ4n) is 2.63. The van der Waals surface area contributed by atoms with Crippen molar-refractivity contribution in [3.8, 4) is 0 Å². The monoisotopic (exact) mass is 312 g/mol. The van der Waals surface area contributed by atoms with Crippen LogP contribution < -0.4 is 0 Å². The molecular formula is C16H24O2S2. The van der Waals surface area contributed by atoms with Gasteiger partial charge in [-0.3, -0.25) is 0 Å². The summed E-state index contributed by atoms with van der Waals surface area (Å²) in [6.45, 7) is 2.08. The highest BCUT2D eigenvalue weighted by molar-refractivity contribution is 8.17. The average Bonchev–Trinajstić information content (AvgIpc) is 2.50. The van der Waals surface area contributed by atoms with E-state index in [4.69, 9.17) is 0 Å². The Balaban J connectivity index is 2.16. The Labute approximate surface area is 130 Å². The first-order chi connectivity index (χ1) is 9.74. The number of hydrogen-bond donors (Lipinski definition) is 2. The molecule has 0 saturated carbocycles. The fourth-order valence-corrected chi connectivity index (χ4v) is 5.97. The summed E-state index contributed by atoms with van der Waals surface area (Å²) in [5, 5.41) is 21.2. The molecule has 1 aromatic rings. The van der Waals surface area contributed by atoms with Crippen molar-refractivity contribution in [2.45, 2.75) is 43.0 Å². The van der Waals surface area contributed by atoms with Crippen LogP contribution in [0.4, 0.5) is 0 Å². The van der Waals surface area contributed by atoms with Crippen molar-refractivity contribution >= 4 is 23.5 Å². The quantitative estimate of drug-likeness (QED) is 0.840. The van der Waals surface area contributed by atoms with Gasteiger partial charge < -0.3 is 10.2 Å². The summed E-state index contributed by atoms with van der Waals surface area (Å²) >= 11 is 3.78. The van der Waals surface area contributed by atoms with Crippen LogP contribution in [0.2, 0.25) is 0 Å². The molecule has 1 fully saturated rings. The number of thioether (sulfide) groups is 2. The third-order valence-electron chi connectivity index (χ3n) is 3.70. The molecule has 1 saturated heterocycles. The predicted molar refractivity (Wildman–Crippen MR) is 89.1 cm³/mol. The van der Waals surface area contributed by atoms with Gasteiger partial charge >= 0.3 is 0 Å². The molecule has 0 spiro atoms. The number of benzene rings is 1. The van der Waals surface area contributed by atoms with Gasteiger partial charge in [0.1, 0.15) is 0 Å². The van der Waals surface area contributed by atoms with Crippen LogP contribution in [0.3, 0.4) is 0 Å². The number of hydrogen-bond acceptors (Lipinski definition) is 4. The summed E-state index contributed by atoms with van der Waals surface area (Å²) in [6.07, 6.45) is 1.91. The van der Waals surface area contributed by atoms with E-state index in [1.54, 1.807) is 0 Å². The van der Waals surface area contributed by atoms with Gasteiger partial charge in [0.15, 0.2) is 0 Å². The summed E-state index contributed by atoms with van der Waals surface area (Å²) in [4.78, 5) is 0. The highest BCUT2D eigenvalue weighted by Crippen LogP contribution is 2.43. The molecule has 1 aliphatic rings. The smallest absolute Gasteiger partial charge is 0.0861 e. The van der Waals surface area contributed by atoms with Crippen molar-refractivity contribution in [2.75, 3.05) is 11.5 Å². The van der Waals surface area contributed by atoms with Crippen molar-refractivity contribution in [1.82, 2.24) is 0 Å². The molecule has 2 nitrogen and oxygen atoms in total. The lowest BCUT2D eigenvalue weighted by atomic mass is 9.90. The van der Waals surface area contributed by atoms with Crippen molar-refractivity contribution in [2.24, 2.45) is 5.92 Å². The molecule has 0 aromatic heterocycles. The third-order valence-corrected chi connectivity index (χ3v) is 6.85. The molecule has 1 heterocycles. The average molecular weight is 312 g/mol. The Morgan fingerprint density at radius 1 is 1.15 bits per heavy atom. The molecule has 4 heteroatoms. The van der Waals surface area contributed by atoms with E-state index >= 15 is 0 Å².